The van der Waals surface area contributed by atoms with Crippen molar-refractivity contribution in [2.24, 2.45) is 11.8 Å². The molecule has 1 heterocycles. The average molecular weight is 235 g/mol. The van der Waals surface area contributed by atoms with Gasteiger partial charge in [0.1, 0.15) is 5.82 Å². The highest BCUT2D eigenvalue weighted by atomic mass is 16.5. The molecule has 1 saturated carbocycles. The molecule has 1 aliphatic carbocycles. The van der Waals surface area contributed by atoms with E-state index in [4.69, 9.17) is 10.5 Å². The molecule has 1 aromatic heterocycles. The fourth-order valence-electron chi connectivity index (χ4n) is 1.90. The minimum absolute atomic E-state index is 0.525. The Kier molecular flexibility index (Phi) is 3.71. The lowest BCUT2D eigenvalue weighted by molar-refractivity contribution is 0.329. The minimum Gasteiger partial charge on any atom is -0.476 e. The first-order chi connectivity index (χ1) is 8.20. The summed E-state index contributed by atoms with van der Waals surface area (Å²) in [5.41, 5.74) is 6.36. The summed E-state index contributed by atoms with van der Waals surface area (Å²) in [6.07, 6.45) is 2.75. The highest BCUT2D eigenvalue weighted by Crippen LogP contribution is 2.36. The third kappa shape index (κ3) is 3.25. The van der Waals surface area contributed by atoms with Crippen molar-refractivity contribution in [1.82, 2.24) is 4.98 Å². The maximum atomic E-state index is 5.77. The number of anilines is 2. The zero-order valence-electron chi connectivity index (χ0n) is 10.6. The monoisotopic (exact) mass is 235 g/mol. The first kappa shape index (κ1) is 12.0. The number of ether oxygens (including phenoxy) is 1. The van der Waals surface area contributed by atoms with Gasteiger partial charge in [-0.1, -0.05) is 6.92 Å². The van der Waals surface area contributed by atoms with Gasteiger partial charge in [-0.3, -0.25) is 0 Å². The standard InChI is InChI=1S/C13H21N3O/c1-3-17-13-11(14)6-7-12(16-13)15-8-9(2)10-4-5-10/h6-7,9-10H,3-5,8,14H2,1-2H3,(H,15,16). The number of hydrogen-bond donors (Lipinski definition) is 2. The third-order valence-electron chi connectivity index (χ3n) is 3.20. The summed E-state index contributed by atoms with van der Waals surface area (Å²) in [4.78, 5) is 4.36. The number of rotatable bonds is 6. The Morgan fingerprint density at radius 2 is 2.29 bits per heavy atom. The Balaban J connectivity index is 1.93. The lowest BCUT2D eigenvalue weighted by Crippen LogP contribution is -2.14. The Hall–Kier alpha value is -1.45. The van der Waals surface area contributed by atoms with Crippen LogP contribution in [0, 0.1) is 11.8 Å². The van der Waals surface area contributed by atoms with Crippen molar-refractivity contribution in [3.05, 3.63) is 12.1 Å². The molecule has 0 aromatic carbocycles. The van der Waals surface area contributed by atoms with E-state index in [1.807, 2.05) is 19.1 Å². The van der Waals surface area contributed by atoms with Gasteiger partial charge >= 0.3 is 0 Å². The molecule has 1 fully saturated rings. The van der Waals surface area contributed by atoms with Crippen LogP contribution in [0.4, 0.5) is 11.5 Å². The van der Waals surface area contributed by atoms with Gasteiger partial charge in [-0.25, -0.2) is 0 Å². The Bertz CT molecular complexity index is 377. The van der Waals surface area contributed by atoms with Crippen LogP contribution in [-0.4, -0.2) is 18.1 Å². The van der Waals surface area contributed by atoms with Gasteiger partial charge < -0.3 is 15.8 Å². The number of nitrogen functional groups attached to an aromatic ring is 1. The Morgan fingerprint density at radius 3 is 2.94 bits per heavy atom. The van der Waals surface area contributed by atoms with Crippen molar-refractivity contribution in [2.45, 2.75) is 26.7 Å². The first-order valence-corrected chi connectivity index (χ1v) is 6.34. The second-order valence-corrected chi connectivity index (χ2v) is 4.72. The summed E-state index contributed by atoms with van der Waals surface area (Å²) in [6.45, 7) is 5.76. The predicted octanol–water partition coefficient (Wildman–Crippen LogP) is 2.52. The number of hydrogen-bond acceptors (Lipinski definition) is 4. The second-order valence-electron chi connectivity index (χ2n) is 4.72. The van der Waals surface area contributed by atoms with Crippen LogP contribution in [0.5, 0.6) is 5.88 Å². The van der Waals surface area contributed by atoms with Crippen molar-refractivity contribution >= 4 is 11.5 Å². The molecular weight excluding hydrogens is 214 g/mol. The SMILES string of the molecule is CCOc1nc(NCC(C)C2CC2)ccc1N. The van der Waals surface area contributed by atoms with Gasteiger partial charge in [0.25, 0.3) is 0 Å². The van der Waals surface area contributed by atoms with Gasteiger partial charge in [-0.2, -0.15) is 4.98 Å². The van der Waals surface area contributed by atoms with Crippen LogP contribution in [0.15, 0.2) is 12.1 Å². The summed E-state index contributed by atoms with van der Waals surface area (Å²) in [5, 5.41) is 3.35. The van der Waals surface area contributed by atoms with Crippen LogP contribution in [0.2, 0.25) is 0 Å². The molecule has 1 aromatic rings. The molecular formula is C13H21N3O. The van der Waals surface area contributed by atoms with Gasteiger partial charge in [0.15, 0.2) is 0 Å². The molecule has 4 heteroatoms. The topological polar surface area (TPSA) is 60.2 Å². The molecule has 1 aliphatic rings. The van der Waals surface area contributed by atoms with E-state index in [1.54, 1.807) is 0 Å². The molecule has 94 valence electrons. The van der Waals surface area contributed by atoms with Crippen molar-refractivity contribution in [3.8, 4) is 5.88 Å². The summed E-state index contributed by atoms with van der Waals surface area (Å²) in [6, 6.07) is 3.74. The van der Waals surface area contributed by atoms with Gasteiger partial charge in [-0.05, 0) is 43.7 Å². The molecule has 3 N–H and O–H groups in total. The normalized spacial score (nSPS) is 16.6. The lowest BCUT2D eigenvalue weighted by Gasteiger charge is -2.13. The highest BCUT2D eigenvalue weighted by Gasteiger charge is 2.27. The maximum Gasteiger partial charge on any atom is 0.239 e. The molecule has 0 aliphatic heterocycles. The van der Waals surface area contributed by atoms with E-state index in [0.717, 1.165) is 18.3 Å². The van der Waals surface area contributed by atoms with Gasteiger partial charge in [0.05, 0.1) is 12.3 Å². The van der Waals surface area contributed by atoms with Crippen LogP contribution in [0.3, 0.4) is 0 Å². The van der Waals surface area contributed by atoms with Crippen molar-refractivity contribution in [3.63, 3.8) is 0 Å². The molecule has 0 spiro atoms. The highest BCUT2D eigenvalue weighted by molar-refractivity contribution is 5.53. The summed E-state index contributed by atoms with van der Waals surface area (Å²) >= 11 is 0. The van der Waals surface area contributed by atoms with Crippen LogP contribution in [0.1, 0.15) is 26.7 Å². The second kappa shape index (κ2) is 5.25. The third-order valence-corrected chi connectivity index (χ3v) is 3.20. The molecule has 1 atom stereocenters. The molecule has 0 saturated heterocycles. The minimum atomic E-state index is 0.525. The van der Waals surface area contributed by atoms with E-state index in [9.17, 15) is 0 Å². The predicted molar refractivity (Wildman–Crippen MR) is 70.2 cm³/mol. The van der Waals surface area contributed by atoms with E-state index in [2.05, 4.69) is 17.2 Å². The number of nitrogens with zero attached hydrogens (tertiary/aromatic N) is 1. The quantitative estimate of drug-likeness (QED) is 0.795. The summed E-state index contributed by atoms with van der Waals surface area (Å²) in [5.74, 6) is 2.99. The fraction of sp³-hybridized carbons (Fsp3) is 0.615. The largest absolute Gasteiger partial charge is 0.476 e. The van der Waals surface area contributed by atoms with Crippen molar-refractivity contribution in [1.29, 1.82) is 0 Å². The number of nitrogens with two attached hydrogens (primary N) is 1. The van der Waals surface area contributed by atoms with Gasteiger partial charge in [0.2, 0.25) is 5.88 Å². The number of pyridine rings is 1. The molecule has 17 heavy (non-hydrogen) atoms. The number of nitrogens with one attached hydrogen (secondary N) is 1. The zero-order valence-corrected chi connectivity index (χ0v) is 10.6. The Morgan fingerprint density at radius 1 is 1.53 bits per heavy atom. The van der Waals surface area contributed by atoms with E-state index >= 15 is 0 Å². The zero-order chi connectivity index (χ0) is 12.3. The van der Waals surface area contributed by atoms with Crippen molar-refractivity contribution in [2.75, 3.05) is 24.2 Å². The van der Waals surface area contributed by atoms with Crippen LogP contribution in [0.25, 0.3) is 0 Å². The summed E-state index contributed by atoms with van der Waals surface area (Å²) in [7, 11) is 0. The van der Waals surface area contributed by atoms with E-state index in [0.29, 0.717) is 24.1 Å². The maximum absolute atomic E-state index is 5.77. The fourth-order valence-corrected chi connectivity index (χ4v) is 1.90. The molecule has 1 unspecified atom stereocenters. The lowest BCUT2D eigenvalue weighted by atomic mass is 10.1. The van der Waals surface area contributed by atoms with Crippen LogP contribution < -0.4 is 15.8 Å². The molecule has 0 bridgehead atoms. The molecule has 2 rings (SSSR count). The van der Waals surface area contributed by atoms with Gasteiger partial charge in [0, 0.05) is 6.54 Å². The first-order valence-electron chi connectivity index (χ1n) is 6.34. The molecule has 0 radical (unpaired) electrons. The number of aromatic nitrogens is 1. The Labute approximate surface area is 103 Å². The van der Waals surface area contributed by atoms with Crippen LogP contribution >= 0.6 is 0 Å². The van der Waals surface area contributed by atoms with E-state index in [1.165, 1.54) is 12.8 Å². The average Bonchev–Trinajstić information content (AvgIpc) is 3.14. The van der Waals surface area contributed by atoms with Gasteiger partial charge in [-0.15, -0.1) is 0 Å². The van der Waals surface area contributed by atoms with Crippen LogP contribution in [-0.2, 0) is 0 Å². The van der Waals surface area contributed by atoms with Crippen molar-refractivity contribution < 1.29 is 4.74 Å². The summed E-state index contributed by atoms with van der Waals surface area (Å²) < 4.78 is 5.37. The smallest absolute Gasteiger partial charge is 0.239 e. The van der Waals surface area contributed by atoms with E-state index in [-0.39, 0.29) is 0 Å². The molecule has 0 amide bonds. The molecule has 4 nitrogen and oxygen atoms in total. The van der Waals surface area contributed by atoms with E-state index < -0.39 is 0 Å².